The van der Waals surface area contributed by atoms with Crippen molar-refractivity contribution in [2.24, 2.45) is 4.99 Å². The highest BCUT2D eigenvalue weighted by atomic mass is 127. The van der Waals surface area contributed by atoms with E-state index in [0.29, 0.717) is 38.4 Å². The third-order valence-electron chi connectivity index (χ3n) is 4.77. The van der Waals surface area contributed by atoms with Crippen LogP contribution >= 0.6 is 24.0 Å². The maximum atomic E-state index is 12.2. The van der Waals surface area contributed by atoms with Gasteiger partial charge in [0.2, 0.25) is 10.0 Å². The molecule has 1 unspecified atom stereocenters. The van der Waals surface area contributed by atoms with Gasteiger partial charge in [-0.05, 0) is 31.7 Å². The van der Waals surface area contributed by atoms with E-state index in [0.717, 1.165) is 24.9 Å². The molecule has 1 aromatic rings. The van der Waals surface area contributed by atoms with Crippen molar-refractivity contribution in [2.45, 2.75) is 51.7 Å². The van der Waals surface area contributed by atoms with Gasteiger partial charge in [0.1, 0.15) is 0 Å². The fourth-order valence-corrected chi connectivity index (χ4v) is 4.87. The van der Waals surface area contributed by atoms with Crippen LogP contribution in [0.3, 0.4) is 0 Å². The van der Waals surface area contributed by atoms with Gasteiger partial charge < -0.3 is 15.7 Å². The van der Waals surface area contributed by atoms with Gasteiger partial charge in [-0.2, -0.15) is 0 Å². The maximum Gasteiger partial charge on any atom is 0.214 e. The van der Waals surface area contributed by atoms with Gasteiger partial charge in [-0.3, -0.25) is 4.99 Å². The molecule has 1 heterocycles. The Hall–Kier alpha value is -0.910. The summed E-state index contributed by atoms with van der Waals surface area (Å²) in [5.41, 5.74) is 1.09. The van der Waals surface area contributed by atoms with Crippen LogP contribution < -0.4 is 10.6 Å². The number of rotatable bonds is 9. The van der Waals surface area contributed by atoms with Gasteiger partial charge in [-0.1, -0.05) is 37.3 Å². The van der Waals surface area contributed by atoms with Gasteiger partial charge in [0.25, 0.3) is 0 Å². The monoisotopic (exact) mass is 538 g/mol. The molecule has 1 saturated heterocycles. The lowest BCUT2D eigenvalue weighted by Crippen LogP contribution is -2.50. The molecule has 9 heteroatoms. The number of sulfonamides is 1. The highest BCUT2D eigenvalue weighted by Crippen LogP contribution is 2.15. The first-order chi connectivity index (χ1) is 13.4. The van der Waals surface area contributed by atoms with Crippen LogP contribution in [0.4, 0.5) is 0 Å². The SMILES string of the molecule is CCCS(=O)(=O)N1CCC(NC(=NCC(O)Cc2ccccc2)NCC)CC1.I. The van der Waals surface area contributed by atoms with Crippen molar-refractivity contribution in [3.63, 3.8) is 0 Å². The van der Waals surface area contributed by atoms with Crippen LogP contribution in [0.1, 0.15) is 38.7 Å². The zero-order chi connectivity index (χ0) is 20.4. The summed E-state index contributed by atoms with van der Waals surface area (Å²) >= 11 is 0. The maximum absolute atomic E-state index is 12.2. The van der Waals surface area contributed by atoms with Crippen molar-refractivity contribution in [1.29, 1.82) is 0 Å². The van der Waals surface area contributed by atoms with Gasteiger partial charge in [-0.25, -0.2) is 12.7 Å². The van der Waals surface area contributed by atoms with Crippen LogP contribution in [-0.2, 0) is 16.4 Å². The fourth-order valence-electron chi connectivity index (χ4n) is 3.33. The molecule has 0 bridgehead atoms. The first-order valence-electron chi connectivity index (χ1n) is 10.2. The molecule has 166 valence electrons. The molecule has 1 fully saturated rings. The van der Waals surface area contributed by atoms with Crippen LogP contribution in [0.15, 0.2) is 35.3 Å². The molecule has 0 saturated carbocycles. The standard InChI is InChI=1S/C20H34N4O3S.HI/c1-3-14-28(26,27)24-12-10-18(11-13-24)23-20(21-4-2)22-16-19(25)15-17-8-6-5-7-9-17;/h5-9,18-19,25H,3-4,10-16H2,1-2H3,(H2,21,22,23);1H. The Labute approximate surface area is 192 Å². The number of nitrogens with one attached hydrogen (secondary N) is 2. The third-order valence-corrected chi connectivity index (χ3v) is 6.84. The lowest BCUT2D eigenvalue weighted by atomic mass is 10.1. The Bertz CT molecular complexity index is 708. The van der Waals surface area contributed by atoms with Crippen molar-refractivity contribution in [1.82, 2.24) is 14.9 Å². The quantitative estimate of drug-likeness (QED) is 0.254. The number of aliphatic hydroxyl groups is 1. The molecule has 2 rings (SSSR count). The molecule has 3 N–H and O–H groups in total. The van der Waals surface area contributed by atoms with Crippen LogP contribution in [0.2, 0.25) is 0 Å². The Balaban J connectivity index is 0.00000420. The van der Waals surface area contributed by atoms with Crippen molar-refractivity contribution in [2.75, 3.05) is 31.9 Å². The average Bonchev–Trinajstić information content (AvgIpc) is 2.67. The predicted molar refractivity (Wildman–Crippen MR) is 129 cm³/mol. The minimum atomic E-state index is -3.12. The molecule has 1 aliphatic rings. The van der Waals surface area contributed by atoms with Gasteiger partial charge in [-0.15, -0.1) is 24.0 Å². The second kappa shape index (κ2) is 13.4. The highest BCUT2D eigenvalue weighted by molar-refractivity contribution is 14.0. The predicted octanol–water partition coefficient (Wildman–Crippen LogP) is 1.97. The van der Waals surface area contributed by atoms with Gasteiger partial charge in [0.05, 0.1) is 18.4 Å². The molecule has 0 aromatic heterocycles. The van der Waals surface area contributed by atoms with Crippen molar-refractivity contribution in [3.05, 3.63) is 35.9 Å². The van der Waals surface area contributed by atoms with Crippen molar-refractivity contribution in [3.8, 4) is 0 Å². The summed E-state index contributed by atoms with van der Waals surface area (Å²) < 4.78 is 26.0. The number of hydrogen-bond donors (Lipinski definition) is 3. The first-order valence-corrected chi connectivity index (χ1v) is 11.8. The van der Waals surface area contributed by atoms with E-state index in [1.54, 1.807) is 4.31 Å². The normalized spacial score (nSPS) is 17.4. The average molecular weight is 538 g/mol. The number of halogens is 1. The van der Waals surface area contributed by atoms with E-state index >= 15 is 0 Å². The molecule has 1 aliphatic heterocycles. The number of guanidine groups is 1. The number of benzene rings is 1. The Morgan fingerprint density at radius 2 is 1.90 bits per heavy atom. The molecule has 0 spiro atoms. The molecule has 0 aliphatic carbocycles. The molecular formula is C20H35IN4O3S. The summed E-state index contributed by atoms with van der Waals surface area (Å²) in [5, 5.41) is 16.9. The molecular weight excluding hydrogens is 503 g/mol. The van der Waals surface area contributed by atoms with E-state index in [4.69, 9.17) is 0 Å². The second-order valence-electron chi connectivity index (χ2n) is 7.20. The third kappa shape index (κ3) is 9.18. The van der Waals surface area contributed by atoms with E-state index in [1.165, 1.54) is 0 Å². The summed E-state index contributed by atoms with van der Waals surface area (Å²) in [5.74, 6) is 0.888. The van der Waals surface area contributed by atoms with Crippen molar-refractivity contribution >= 4 is 40.0 Å². The van der Waals surface area contributed by atoms with Crippen LogP contribution in [-0.4, -0.2) is 67.9 Å². The minimum absolute atomic E-state index is 0. The van der Waals surface area contributed by atoms with E-state index in [1.807, 2.05) is 44.2 Å². The molecule has 29 heavy (non-hydrogen) atoms. The number of aliphatic imine (C=N–C) groups is 1. The fraction of sp³-hybridized carbons (Fsp3) is 0.650. The second-order valence-corrected chi connectivity index (χ2v) is 9.29. The summed E-state index contributed by atoms with van der Waals surface area (Å²) in [7, 11) is -3.12. The molecule has 7 nitrogen and oxygen atoms in total. The van der Waals surface area contributed by atoms with E-state index in [2.05, 4.69) is 15.6 Å². The number of nitrogens with zero attached hydrogens (tertiary/aromatic N) is 2. The molecule has 1 aromatic carbocycles. The van der Waals surface area contributed by atoms with Crippen molar-refractivity contribution < 1.29 is 13.5 Å². The number of hydrogen-bond acceptors (Lipinski definition) is 4. The van der Waals surface area contributed by atoms with E-state index in [9.17, 15) is 13.5 Å². The summed E-state index contributed by atoms with van der Waals surface area (Å²) in [4.78, 5) is 4.51. The Morgan fingerprint density at radius 3 is 2.48 bits per heavy atom. The Kier molecular flexibility index (Phi) is 12.1. The minimum Gasteiger partial charge on any atom is -0.391 e. The largest absolute Gasteiger partial charge is 0.391 e. The van der Waals surface area contributed by atoms with Gasteiger partial charge in [0, 0.05) is 32.1 Å². The number of aliphatic hydroxyl groups excluding tert-OH is 1. The van der Waals surface area contributed by atoms with Gasteiger partial charge in [0.15, 0.2) is 5.96 Å². The molecule has 0 amide bonds. The lowest BCUT2D eigenvalue weighted by Gasteiger charge is -2.32. The van der Waals surface area contributed by atoms with Crippen LogP contribution in [0.5, 0.6) is 0 Å². The number of piperidine rings is 1. The summed E-state index contributed by atoms with van der Waals surface area (Å²) in [6, 6.07) is 10.1. The van der Waals surface area contributed by atoms with Crippen LogP contribution in [0, 0.1) is 0 Å². The smallest absolute Gasteiger partial charge is 0.214 e. The van der Waals surface area contributed by atoms with Crippen LogP contribution in [0.25, 0.3) is 0 Å². The molecule has 0 radical (unpaired) electrons. The molecule has 1 atom stereocenters. The zero-order valence-corrected chi connectivity index (χ0v) is 20.5. The van der Waals surface area contributed by atoms with E-state index in [-0.39, 0.29) is 35.8 Å². The zero-order valence-electron chi connectivity index (χ0n) is 17.4. The first kappa shape index (κ1) is 26.1. The Morgan fingerprint density at radius 1 is 1.24 bits per heavy atom. The summed E-state index contributed by atoms with van der Waals surface area (Å²) in [6.07, 6.45) is 2.17. The van der Waals surface area contributed by atoms with Gasteiger partial charge >= 0.3 is 0 Å². The lowest BCUT2D eigenvalue weighted by molar-refractivity contribution is 0.183. The topological polar surface area (TPSA) is 94.0 Å². The summed E-state index contributed by atoms with van der Waals surface area (Å²) in [6.45, 7) is 6.00. The highest BCUT2D eigenvalue weighted by Gasteiger charge is 2.27. The van der Waals surface area contributed by atoms with E-state index < -0.39 is 16.1 Å².